The van der Waals surface area contributed by atoms with Gasteiger partial charge in [0.1, 0.15) is 0 Å². The van der Waals surface area contributed by atoms with Gasteiger partial charge in [0.2, 0.25) is 0 Å². The van der Waals surface area contributed by atoms with Crippen LogP contribution in [-0.4, -0.2) is 0 Å². The van der Waals surface area contributed by atoms with E-state index in [1.165, 1.54) is 51.4 Å². The largest absolute Gasteiger partial charge is 0.0654 e. The van der Waals surface area contributed by atoms with Gasteiger partial charge in [-0.2, -0.15) is 0 Å². The molecule has 0 heteroatoms. The van der Waals surface area contributed by atoms with E-state index in [4.69, 9.17) is 0 Å². The van der Waals surface area contributed by atoms with Crippen LogP contribution in [0.2, 0.25) is 0 Å². The molecule has 0 spiro atoms. The minimum atomic E-state index is 0.657. The topological polar surface area (TPSA) is 0 Å². The second-order valence-corrected chi connectivity index (χ2v) is 5.22. The second-order valence-electron chi connectivity index (χ2n) is 5.22. The van der Waals surface area contributed by atoms with Gasteiger partial charge in [0.15, 0.2) is 0 Å². The Hall–Kier alpha value is 0. The molecule has 0 heterocycles. The van der Waals surface area contributed by atoms with E-state index in [0.717, 1.165) is 5.92 Å². The van der Waals surface area contributed by atoms with Crippen molar-refractivity contribution in [3.05, 3.63) is 0 Å². The van der Waals surface area contributed by atoms with Crippen molar-refractivity contribution in [1.82, 2.24) is 0 Å². The zero-order chi connectivity index (χ0) is 11.7. The van der Waals surface area contributed by atoms with E-state index < -0.39 is 0 Å². The smallest absolute Gasteiger partial charge is 0.0300 e. The molecule has 0 nitrogen and oxygen atoms in total. The van der Waals surface area contributed by atoms with Gasteiger partial charge in [-0.05, 0) is 24.2 Å². The molecule has 0 rings (SSSR count). The van der Waals surface area contributed by atoms with Crippen molar-refractivity contribution in [3.8, 4) is 0 Å². The number of rotatable bonds is 9. The first-order valence-electron chi connectivity index (χ1n) is 7.17. The van der Waals surface area contributed by atoms with Crippen molar-refractivity contribution < 1.29 is 0 Å². The fourth-order valence-corrected chi connectivity index (χ4v) is 3.00. The van der Waals surface area contributed by atoms with Gasteiger partial charge in [-0.1, -0.05) is 73.1 Å². The van der Waals surface area contributed by atoms with Crippen molar-refractivity contribution in [1.29, 1.82) is 0 Å². The first-order chi connectivity index (χ1) is 7.17. The molecule has 0 N–H and O–H groups in total. The van der Waals surface area contributed by atoms with Crippen molar-refractivity contribution in [2.45, 2.75) is 86.0 Å². The third-order valence-electron chi connectivity index (χ3n) is 4.28. The lowest BCUT2D eigenvalue weighted by atomic mass is 9.71. The summed E-state index contributed by atoms with van der Waals surface area (Å²) in [5.41, 5.74) is 0.657. The summed E-state index contributed by atoms with van der Waals surface area (Å²) in [4.78, 5) is 0. The van der Waals surface area contributed by atoms with Crippen LogP contribution in [0.5, 0.6) is 0 Å². The standard InChI is InChI=1S/C15H32/c1-6-11-14(8-3)13-15(9-4,10-5)12-7-2/h14H,6-13H2,1-5H3. The van der Waals surface area contributed by atoms with E-state index in [1.54, 1.807) is 0 Å². The van der Waals surface area contributed by atoms with Crippen LogP contribution in [0.4, 0.5) is 0 Å². The summed E-state index contributed by atoms with van der Waals surface area (Å²) in [6.45, 7) is 11.8. The Morgan fingerprint density at radius 3 is 1.80 bits per heavy atom. The first kappa shape index (κ1) is 15.0. The molecule has 92 valence electrons. The van der Waals surface area contributed by atoms with Gasteiger partial charge in [0, 0.05) is 0 Å². The predicted octanol–water partition coefficient (Wildman–Crippen LogP) is 5.81. The van der Waals surface area contributed by atoms with Gasteiger partial charge in [-0.15, -0.1) is 0 Å². The Labute approximate surface area is 97.8 Å². The van der Waals surface area contributed by atoms with Crippen LogP contribution >= 0.6 is 0 Å². The molecule has 1 unspecified atom stereocenters. The van der Waals surface area contributed by atoms with E-state index in [1.807, 2.05) is 0 Å². The van der Waals surface area contributed by atoms with Crippen molar-refractivity contribution in [2.24, 2.45) is 11.3 Å². The van der Waals surface area contributed by atoms with Crippen molar-refractivity contribution in [2.75, 3.05) is 0 Å². The summed E-state index contributed by atoms with van der Waals surface area (Å²) in [5, 5.41) is 0. The highest BCUT2D eigenvalue weighted by Gasteiger charge is 2.27. The summed E-state index contributed by atoms with van der Waals surface area (Å²) < 4.78 is 0. The molecule has 0 aromatic heterocycles. The van der Waals surface area contributed by atoms with Crippen LogP contribution < -0.4 is 0 Å². The average Bonchev–Trinajstić information content (AvgIpc) is 2.27. The van der Waals surface area contributed by atoms with E-state index in [-0.39, 0.29) is 0 Å². The monoisotopic (exact) mass is 212 g/mol. The fourth-order valence-electron chi connectivity index (χ4n) is 3.00. The van der Waals surface area contributed by atoms with E-state index in [9.17, 15) is 0 Å². The maximum absolute atomic E-state index is 2.39. The Balaban J connectivity index is 4.34. The third-order valence-corrected chi connectivity index (χ3v) is 4.28. The Kier molecular flexibility index (Phi) is 8.19. The molecule has 0 aliphatic rings. The van der Waals surface area contributed by atoms with Crippen molar-refractivity contribution in [3.63, 3.8) is 0 Å². The summed E-state index contributed by atoms with van der Waals surface area (Å²) >= 11 is 0. The highest BCUT2D eigenvalue weighted by atomic mass is 14.3. The van der Waals surface area contributed by atoms with Crippen LogP contribution in [0.15, 0.2) is 0 Å². The Bertz CT molecular complexity index is 133. The van der Waals surface area contributed by atoms with Crippen molar-refractivity contribution >= 4 is 0 Å². The van der Waals surface area contributed by atoms with Gasteiger partial charge in [0.05, 0.1) is 0 Å². The maximum atomic E-state index is 2.39. The van der Waals surface area contributed by atoms with Crippen LogP contribution in [0.3, 0.4) is 0 Å². The first-order valence-corrected chi connectivity index (χ1v) is 7.17. The van der Waals surface area contributed by atoms with E-state index in [2.05, 4.69) is 34.6 Å². The zero-order valence-corrected chi connectivity index (χ0v) is 11.7. The molecule has 0 radical (unpaired) electrons. The molecule has 0 aromatic carbocycles. The highest BCUT2D eigenvalue weighted by molar-refractivity contribution is 4.79. The average molecular weight is 212 g/mol. The quantitative estimate of drug-likeness (QED) is 0.452. The van der Waals surface area contributed by atoms with Gasteiger partial charge >= 0.3 is 0 Å². The summed E-state index contributed by atoms with van der Waals surface area (Å²) in [5.74, 6) is 0.974. The molecule has 0 aliphatic carbocycles. The second kappa shape index (κ2) is 8.19. The Morgan fingerprint density at radius 1 is 0.867 bits per heavy atom. The van der Waals surface area contributed by atoms with Crippen LogP contribution in [0.25, 0.3) is 0 Å². The summed E-state index contributed by atoms with van der Waals surface area (Å²) in [7, 11) is 0. The molecular weight excluding hydrogens is 180 g/mol. The van der Waals surface area contributed by atoms with E-state index >= 15 is 0 Å². The van der Waals surface area contributed by atoms with Crippen LogP contribution in [-0.2, 0) is 0 Å². The third kappa shape index (κ3) is 5.04. The highest BCUT2D eigenvalue weighted by Crippen LogP contribution is 2.40. The number of hydrogen-bond acceptors (Lipinski definition) is 0. The molecule has 0 amide bonds. The molecule has 1 atom stereocenters. The minimum Gasteiger partial charge on any atom is -0.0654 e. The number of hydrogen-bond donors (Lipinski definition) is 0. The predicted molar refractivity (Wildman–Crippen MR) is 71.2 cm³/mol. The van der Waals surface area contributed by atoms with Crippen LogP contribution in [0, 0.1) is 11.3 Å². The molecule has 0 fully saturated rings. The van der Waals surface area contributed by atoms with Gasteiger partial charge in [-0.3, -0.25) is 0 Å². The summed E-state index contributed by atoms with van der Waals surface area (Å²) in [6, 6.07) is 0. The molecule has 0 aliphatic heterocycles. The molecule has 0 bridgehead atoms. The normalized spacial score (nSPS) is 14.2. The maximum Gasteiger partial charge on any atom is -0.0300 e. The molecule has 0 saturated carbocycles. The Morgan fingerprint density at radius 2 is 1.47 bits per heavy atom. The zero-order valence-electron chi connectivity index (χ0n) is 11.7. The fraction of sp³-hybridized carbons (Fsp3) is 1.00. The molecular formula is C15H32. The lowest BCUT2D eigenvalue weighted by Gasteiger charge is -2.35. The van der Waals surface area contributed by atoms with Gasteiger partial charge in [0.25, 0.3) is 0 Å². The summed E-state index contributed by atoms with van der Waals surface area (Å²) in [6.07, 6.45) is 11.2. The van der Waals surface area contributed by atoms with E-state index in [0.29, 0.717) is 5.41 Å². The van der Waals surface area contributed by atoms with Gasteiger partial charge < -0.3 is 0 Å². The molecule has 15 heavy (non-hydrogen) atoms. The molecule has 0 aromatic rings. The van der Waals surface area contributed by atoms with Gasteiger partial charge in [-0.25, -0.2) is 0 Å². The molecule has 0 saturated heterocycles. The van der Waals surface area contributed by atoms with Crippen LogP contribution in [0.1, 0.15) is 86.0 Å². The SMILES string of the molecule is CCCC(CC)CC(CC)(CC)CCC. The lowest BCUT2D eigenvalue weighted by molar-refractivity contribution is 0.167. The minimum absolute atomic E-state index is 0.657. The lowest BCUT2D eigenvalue weighted by Crippen LogP contribution is -2.22.